The molecule has 0 radical (unpaired) electrons. The number of benzene rings is 2. The number of anilines is 1. The number of hydrogen-bond acceptors (Lipinski definition) is 5. The van der Waals surface area contributed by atoms with Gasteiger partial charge in [-0.1, -0.05) is 29.3 Å². The summed E-state index contributed by atoms with van der Waals surface area (Å²) in [6.45, 7) is 7.63. The Bertz CT molecular complexity index is 1260. The van der Waals surface area contributed by atoms with E-state index in [9.17, 15) is 8.42 Å². The van der Waals surface area contributed by atoms with E-state index in [2.05, 4.69) is 10.2 Å². The third kappa shape index (κ3) is 4.48. The first-order valence-electron chi connectivity index (χ1n) is 10.3. The molecular weight excluding hydrogens is 467 g/mol. The molecule has 1 aromatic heterocycles. The molecule has 0 bridgehead atoms. The Labute approximate surface area is 198 Å². The minimum atomic E-state index is -3.54. The summed E-state index contributed by atoms with van der Waals surface area (Å²) in [5.74, 6) is 0.707. The first-order chi connectivity index (χ1) is 15.2. The minimum Gasteiger partial charge on any atom is -0.352 e. The van der Waals surface area contributed by atoms with Gasteiger partial charge < -0.3 is 4.90 Å². The van der Waals surface area contributed by atoms with Gasteiger partial charge in [-0.2, -0.15) is 4.31 Å². The highest BCUT2D eigenvalue weighted by Gasteiger charge is 2.30. The van der Waals surface area contributed by atoms with Crippen molar-refractivity contribution >= 4 is 39.0 Å². The van der Waals surface area contributed by atoms with Crippen molar-refractivity contribution in [3.05, 3.63) is 69.2 Å². The summed E-state index contributed by atoms with van der Waals surface area (Å²) >= 11 is 12.2. The maximum absolute atomic E-state index is 13.2. The molecular formula is C23H24Cl2N4O2S. The Morgan fingerprint density at radius 3 is 2.12 bits per heavy atom. The molecule has 0 spiro atoms. The van der Waals surface area contributed by atoms with Crippen molar-refractivity contribution in [3.8, 4) is 11.3 Å². The average molecular weight is 491 g/mol. The molecule has 2 aromatic carbocycles. The maximum Gasteiger partial charge on any atom is 0.243 e. The SMILES string of the molecule is Cc1cc(C)c(S(=O)(=O)N2CCN(c3ccc(-c4ccc(Cl)cc4Cl)nn3)CC2)cc1C. The van der Waals surface area contributed by atoms with E-state index in [4.69, 9.17) is 23.2 Å². The van der Waals surface area contributed by atoms with Gasteiger partial charge in [0.15, 0.2) is 5.82 Å². The molecule has 0 N–H and O–H groups in total. The normalized spacial score (nSPS) is 15.2. The summed E-state index contributed by atoms with van der Waals surface area (Å²) in [6.07, 6.45) is 0. The van der Waals surface area contributed by atoms with E-state index in [1.54, 1.807) is 22.5 Å². The zero-order chi connectivity index (χ0) is 23.0. The molecule has 0 unspecified atom stereocenters. The van der Waals surface area contributed by atoms with Crippen LogP contribution in [0.3, 0.4) is 0 Å². The average Bonchev–Trinajstić information content (AvgIpc) is 2.76. The fraction of sp³-hybridized carbons (Fsp3) is 0.304. The number of sulfonamides is 1. The Morgan fingerprint density at radius 1 is 0.812 bits per heavy atom. The van der Waals surface area contributed by atoms with Gasteiger partial charge in [0, 0.05) is 36.8 Å². The van der Waals surface area contributed by atoms with Crippen LogP contribution in [0.1, 0.15) is 16.7 Å². The second kappa shape index (κ2) is 8.98. The van der Waals surface area contributed by atoms with Crippen LogP contribution in [-0.4, -0.2) is 49.1 Å². The van der Waals surface area contributed by atoms with Crippen LogP contribution in [0.4, 0.5) is 5.82 Å². The first-order valence-corrected chi connectivity index (χ1v) is 12.5. The van der Waals surface area contributed by atoms with Gasteiger partial charge in [-0.3, -0.25) is 0 Å². The molecule has 2 heterocycles. The van der Waals surface area contributed by atoms with E-state index in [-0.39, 0.29) is 0 Å². The van der Waals surface area contributed by atoms with E-state index >= 15 is 0 Å². The predicted octanol–water partition coefficient (Wildman–Crippen LogP) is 4.89. The summed E-state index contributed by atoms with van der Waals surface area (Å²) in [5, 5.41) is 9.72. The maximum atomic E-state index is 13.2. The first kappa shape index (κ1) is 23.0. The largest absolute Gasteiger partial charge is 0.352 e. The zero-order valence-corrected chi connectivity index (χ0v) is 20.5. The topological polar surface area (TPSA) is 66.4 Å². The molecule has 1 fully saturated rings. The summed E-state index contributed by atoms with van der Waals surface area (Å²) in [7, 11) is -3.54. The monoisotopic (exact) mass is 490 g/mol. The summed E-state index contributed by atoms with van der Waals surface area (Å²) in [6, 6.07) is 12.7. The van der Waals surface area contributed by atoms with Gasteiger partial charge in [0.2, 0.25) is 10.0 Å². The number of halogens is 2. The lowest BCUT2D eigenvalue weighted by Crippen LogP contribution is -2.49. The number of piperazine rings is 1. The summed E-state index contributed by atoms with van der Waals surface area (Å²) in [4.78, 5) is 2.43. The molecule has 1 aliphatic heterocycles. The van der Waals surface area contributed by atoms with E-state index in [1.165, 1.54) is 0 Å². The molecule has 3 aromatic rings. The third-order valence-electron chi connectivity index (χ3n) is 5.83. The van der Waals surface area contributed by atoms with Crippen LogP contribution in [0, 0.1) is 20.8 Å². The van der Waals surface area contributed by atoms with Gasteiger partial charge in [-0.15, -0.1) is 10.2 Å². The van der Waals surface area contributed by atoms with Crippen LogP contribution < -0.4 is 4.90 Å². The molecule has 168 valence electrons. The van der Waals surface area contributed by atoms with Crippen molar-refractivity contribution in [1.82, 2.24) is 14.5 Å². The fourth-order valence-corrected chi connectivity index (χ4v) is 6.06. The molecule has 6 nitrogen and oxygen atoms in total. The number of hydrogen-bond donors (Lipinski definition) is 0. The lowest BCUT2D eigenvalue weighted by molar-refractivity contribution is 0.383. The molecule has 0 aliphatic carbocycles. The lowest BCUT2D eigenvalue weighted by Gasteiger charge is -2.34. The van der Waals surface area contributed by atoms with Crippen LogP contribution in [0.15, 0.2) is 47.4 Å². The smallest absolute Gasteiger partial charge is 0.243 e. The van der Waals surface area contributed by atoms with Crippen molar-refractivity contribution in [1.29, 1.82) is 0 Å². The van der Waals surface area contributed by atoms with Crippen LogP contribution in [0.25, 0.3) is 11.3 Å². The van der Waals surface area contributed by atoms with Gasteiger partial charge in [-0.25, -0.2) is 8.42 Å². The fourth-order valence-electron chi connectivity index (χ4n) is 3.84. The molecule has 4 rings (SSSR count). The van der Waals surface area contributed by atoms with E-state index in [0.29, 0.717) is 52.6 Å². The predicted molar refractivity (Wildman–Crippen MR) is 129 cm³/mol. The van der Waals surface area contributed by atoms with Crippen molar-refractivity contribution in [2.45, 2.75) is 25.7 Å². The van der Waals surface area contributed by atoms with Crippen LogP contribution >= 0.6 is 23.2 Å². The summed E-state index contributed by atoms with van der Waals surface area (Å²) < 4.78 is 28.0. The van der Waals surface area contributed by atoms with Crippen molar-refractivity contribution < 1.29 is 8.42 Å². The van der Waals surface area contributed by atoms with E-state index in [0.717, 1.165) is 22.3 Å². The zero-order valence-electron chi connectivity index (χ0n) is 18.1. The Hall–Kier alpha value is -2.19. The molecule has 0 saturated carbocycles. The highest BCUT2D eigenvalue weighted by atomic mass is 35.5. The van der Waals surface area contributed by atoms with Crippen LogP contribution in [0.2, 0.25) is 10.0 Å². The number of rotatable bonds is 4. The van der Waals surface area contributed by atoms with Crippen LogP contribution in [0.5, 0.6) is 0 Å². The van der Waals surface area contributed by atoms with Crippen molar-refractivity contribution in [2.24, 2.45) is 0 Å². The molecule has 0 atom stereocenters. The van der Waals surface area contributed by atoms with Crippen molar-refractivity contribution in [3.63, 3.8) is 0 Å². The molecule has 0 amide bonds. The number of aryl methyl sites for hydroxylation is 3. The molecule has 32 heavy (non-hydrogen) atoms. The minimum absolute atomic E-state index is 0.387. The van der Waals surface area contributed by atoms with E-state index < -0.39 is 10.0 Å². The summed E-state index contributed by atoms with van der Waals surface area (Å²) in [5.41, 5.74) is 4.26. The molecule has 1 aliphatic rings. The highest BCUT2D eigenvalue weighted by Crippen LogP contribution is 2.30. The Kier molecular flexibility index (Phi) is 6.45. The number of aromatic nitrogens is 2. The Balaban J connectivity index is 1.47. The third-order valence-corrected chi connectivity index (χ3v) is 8.42. The second-order valence-electron chi connectivity index (χ2n) is 7.99. The molecule has 1 saturated heterocycles. The molecule has 9 heteroatoms. The quantitative estimate of drug-likeness (QED) is 0.520. The van der Waals surface area contributed by atoms with Crippen molar-refractivity contribution in [2.75, 3.05) is 31.1 Å². The van der Waals surface area contributed by atoms with Crippen LogP contribution in [-0.2, 0) is 10.0 Å². The van der Waals surface area contributed by atoms with E-state index in [1.807, 2.05) is 49.9 Å². The van der Waals surface area contributed by atoms with Gasteiger partial charge >= 0.3 is 0 Å². The van der Waals surface area contributed by atoms with Gasteiger partial charge in [0.25, 0.3) is 0 Å². The number of nitrogens with zero attached hydrogens (tertiary/aromatic N) is 4. The highest BCUT2D eigenvalue weighted by molar-refractivity contribution is 7.89. The van der Waals surface area contributed by atoms with Gasteiger partial charge in [0.1, 0.15) is 0 Å². The van der Waals surface area contributed by atoms with Gasteiger partial charge in [-0.05, 0) is 73.9 Å². The second-order valence-corrected chi connectivity index (χ2v) is 10.7. The van der Waals surface area contributed by atoms with Gasteiger partial charge in [0.05, 0.1) is 15.6 Å². The Morgan fingerprint density at radius 2 is 1.50 bits per heavy atom. The standard InChI is InChI=1S/C23H24Cl2N4O2S/c1-15-12-17(3)22(13-16(15)2)32(30,31)29-10-8-28(9-11-29)23-7-6-21(26-27-23)19-5-4-18(24)14-20(19)25/h4-7,12-14H,8-11H2,1-3H3. The lowest BCUT2D eigenvalue weighted by atomic mass is 10.1.